The van der Waals surface area contributed by atoms with Crippen molar-refractivity contribution in [1.29, 1.82) is 0 Å². The number of nitrogens with one attached hydrogen (secondary N) is 1. The zero-order valence-electron chi connectivity index (χ0n) is 13.3. The minimum Gasteiger partial charge on any atom is -0.491 e. The number of hydrogen-bond acceptors (Lipinski definition) is 6. The normalized spacial score (nSPS) is 17.2. The van der Waals surface area contributed by atoms with Crippen molar-refractivity contribution in [3.05, 3.63) is 48.3 Å². The topological polar surface area (TPSA) is 73.6 Å². The Morgan fingerprint density at radius 1 is 1.21 bits per heavy atom. The van der Waals surface area contributed by atoms with Crippen molar-refractivity contribution < 1.29 is 9.47 Å². The Morgan fingerprint density at radius 2 is 2.12 bits per heavy atom. The second-order valence-corrected chi connectivity index (χ2v) is 5.80. The van der Waals surface area contributed by atoms with E-state index in [-0.39, 0.29) is 6.10 Å². The Morgan fingerprint density at radius 3 is 2.96 bits per heavy atom. The van der Waals surface area contributed by atoms with Crippen molar-refractivity contribution in [1.82, 2.24) is 19.8 Å². The summed E-state index contributed by atoms with van der Waals surface area (Å²) in [4.78, 5) is 0. The monoisotopic (exact) mass is 325 g/mol. The van der Waals surface area contributed by atoms with Gasteiger partial charge in [-0.3, -0.25) is 0 Å². The van der Waals surface area contributed by atoms with Gasteiger partial charge in [-0.05, 0) is 42.7 Å². The van der Waals surface area contributed by atoms with Gasteiger partial charge in [0, 0.05) is 13.2 Å². The van der Waals surface area contributed by atoms with Crippen molar-refractivity contribution in [3.8, 4) is 5.75 Å². The van der Waals surface area contributed by atoms with Crippen LogP contribution in [0.3, 0.4) is 0 Å². The highest BCUT2D eigenvalue weighted by molar-refractivity contribution is 5.43. The number of anilines is 1. The standard InChI is InChI=1S/C17H19N5O2/c1-2-15(23-9-1)11-24-14-5-3-13(4-6-14)10-18-16-7-8-17-20-19-12-22(17)21-16/h3-8,12,15H,1-2,9-11H2,(H,18,21). The van der Waals surface area contributed by atoms with E-state index < -0.39 is 0 Å². The van der Waals surface area contributed by atoms with Crippen LogP contribution in [0.1, 0.15) is 18.4 Å². The summed E-state index contributed by atoms with van der Waals surface area (Å²) in [6, 6.07) is 11.8. The molecule has 0 amide bonds. The molecule has 124 valence electrons. The maximum Gasteiger partial charge on any atom is 0.177 e. The van der Waals surface area contributed by atoms with E-state index in [1.807, 2.05) is 24.3 Å². The zero-order valence-corrected chi connectivity index (χ0v) is 13.3. The first-order chi connectivity index (χ1) is 11.9. The van der Waals surface area contributed by atoms with Gasteiger partial charge in [-0.1, -0.05) is 12.1 Å². The fourth-order valence-corrected chi connectivity index (χ4v) is 2.68. The average molecular weight is 325 g/mol. The van der Waals surface area contributed by atoms with Crippen LogP contribution in [0.2, 0.25) is 0 Å². The Bertz CT molecular complexity index is 796. The lowest BCUT2D eigenvalue weighted by Gasteiger charge is -2.12. The van der Waals surface area contributed by atoms with Crippen molar-refractivity contribution in [3.63, 3.8) is 0 Å². The van der Waals surface area contributed by atoms with Crippen molar-refractivity contribution in [2.75, 3.05) is 18.5 Å². The number of aromatic nitrogens is 4. The van der Waals surface area contributed by atoms with Crippen LogP contribution in [0.25, 0.3) is 5.65 Å². The lowest BCUT2D eigenvalue weighted by molar-refractivity contribution is 0.0679. The van der Waals surface area contributed by atoms with Gasteiger partial charge in [-0.15, -0.1) is 15.3 Å². The van der Waals surface area contributed by atoms with Crippen LogP contribution >= 0.6 is 0 Å². The van der Waals surface area contributed by atoms with Crippen LogP contribution in [0.4, 0.5) is 5.82 Å². The Kier molecular flexibility index (Phi) is 4.24. The first-order valence-corrected chi connectivity index (χ1v) is 8.11. The van der Waals surface area contributed by atoms with Crippen LogP contribution in [0.15, 0.2) is 42.7 Å². The third-order valence-electron chi connectivity index (χ3n) is 4.02. The van der Waals surface area contributed by atoms with Crippen LogP contribution in [0, 0.1) is 0 Å². The summed E-state index contributed by atoms with van der Waals surface area (Å²) in [7, 11) is 0. The van der Waals surface area contributed by atoms with Crippen LogP contribution in [-0.4, -0.2) is 39.1 Å². The van der Waals surface area contributed by atoms with Crippen LogP contribution < -0.4 is 10.1 Å². The molecular formula is C17H19N5O2. The predicted molar refractivity (Wildman–Crippen MR) is 89.0 cm³/mol. The lowest BCUT2D eigenvalue weighted by atomic mass is 10.2. The molecular weight excluding hydrogens is 306 g/mol. The molecule has 1 atom stereocenters. The quantitative estimate of drug-likeness (QED) is 0.749. The molecule has 0 aliphatic carbocycles. The molecule has 7 nitrogen and oxygen atoms in total. The first kappa shape index (κ1) is 14.9. The van der Waals surface area contributed by atoms with Crippen LogP contribution in [-0.2, 0) is 11.3 Å². The SMILES string of the molecule is c1cc(OCC2CCCO2)ccc1CNc1ccc2nncn2n1. The molecule has 3 heterocycles. The third-order valence-corrected chi connectivity index (χ3v) is 4.02. The second-order valence-electron chi connectivity index (χ2n) is 5.80. The number of fused-ring (bicyclic) bond motifs is 1. The maximum atomic E-state index is 5.77. The number of nitrogens with zero attached hydrogens (tertiary/aromatic N) is 4. The molecule has 1 aliphatic heterocycles. The van der Waals surface area contributed by atoms with Gasteiger partial charge >= 0.3 is 0 Å². The largest absolute Gasteiger partial charge is 0.491 e. The summed E-state index contributed by atoms with van der Waals surface area (Å²) in [5.41, 5.74) is 1.89. The van der Waals surface area contributed by atoms with Gasteiger partial charge in [0.1, 0.15) is 24.5 Å². The molecule has 1 aromatic carbocycles. The summed E-state index contributed by atoms with van der Waals surface area (Å²) >= 11 is 0. The minimum absolute atomic E-state index is 0.241. The Balaban J connectivity index is 1.31. The van der Waals surface area contributed by atoms with Crippen molar-refractivity contribution >= 4 is 11.5 Å². The molecule has 4 rings (SSSR count). The van der Waals surface area contributed by atoms with Gasteiger partial charge in [0.15, 0.2) is 5.65 Å². The molecule has 1 fully saturated rings. The highest BCUT2D eigenvalue weighted by Crippen LogP contribution is 2.17. The summed E-state index contributed by atoms with van der Waals surface area (Å²) in [5.74, 6) is 1.65. The predicted octanol–water partition coefficient (Wildman–Crippen LogP) is 2.29. The Labute approximate surface area is 139 Å². The third kappa shape index (κ3) is 3.46. The smallest absolute Gasteiger partial charge is 0.177 e. The highest BCUT2D eigenvalue weighted by atomic mass is 16.5. The van der Waals surface area contributed by atoms with E-state index in [9.17, 15) is 0 Å². The Hall–Kier alpha value is -2.67. The molecule has 3 aromatic rings. The molecule has 0 radical (unpaired) electrons. The molecule has 0 bridgehead atoms. The van der Waals surface area contributed by atoms with E-state index >= 15 is 0 Å². The van der Waals surface area contributed by atoms with Gasteiger partial charge in [-0.25, -0.2) is 0 Å². The van der Waals surface area contributed by atoms with Gasteiger partial charge in [-0.2, -0.15) is 4.52 Å². The van der Waals surface area contributed by atoms with E-state index in [0.29, 0.717) is 13.2 Å². The molecule has 7 heteroatoms. The number of benzene rings is 1. The molecule has 24 heavy (non-hydrogen) atoms. The molecule has 2 aromatic heterocycles. The van der Waals surface area contributed by atoms with E-state index in [4.69, 9.17) is 9.47 Å². The zero-order chi connectivity index (χ0) is 16.2. The molecule has 1 N–H and O–H groups in total. The fourth-order valence-electron chi connectivity index (χ4n) is 2.68. The second kappa shape index (κ2) is 6.84. The van der Waals surface area contributed by atoms with Gasteiger partial charge in [0.25, 0.3) is 0 Å². The molecule has 1 unspecified atom stereocenters. The van der Waals surface area contributed by atoms with E-state index in [2.05, 4.69) is 32.7 Å². The molecule has 1 saturated heterocycles. The van der Waals surface area contributed by atoms with E-state index in [1.54, 1.807) is 10.8 Å². The summed E-state index contributed by atoms with van der Waals surface area (Å²) < 4.78 is 13.0. The fraction of sp³-hybridized carbons (Fsp3) is 0.353. The van der Waals surface area contributed by atoms with E-state index in [0.717, 1.165) is 42.2 Å². The molecule has 0 saturated carbocycles. The first-order valence-electron chi connectivity index (χ1n) is 8.11. The average Bonchev–Trinajstić information content (AvgIpc) is 3.30. The summed E-state index contributed by atoms with van der Waals surface area (Å²) in [5, 5.41) is 15.4. The number of hydrogen-bond donors (Lipinski definition) is 1. The summed E-state index contributed by atoms with van der Waals surface area (Å²) in [6.07, 6.45) is 4.05. The van der Waals surface area contributed by atoms with Crippen molar-refractivity contribution in [2.24, 2.45) is 0 Å². The number of rotatable bonds is 6. The molecule has 0 spiro atoms. The van der Waals surface area contributed by atoms with Gasteiger partial charge in [0.05, 0.1) is 6.10 Å². The van der Waals surface area contributed by atoms with Gasteiger partial charge < -0.3 is 14.8 Å². The van der Waals surface area contributed by atoms with Crippen LogP contribution in [0.5, 0.6) is 5.75 Å². The summed E-state index contributed by atoms with van der Waals surface area (Å²) in [6.45, 7) is 2.17. The van der Waals surface area contributed by atoms with Crippen molar-refractivity contribution in [2.45, 2.75) is 25.5 Å². The molecule has 1 aliphatic rings. The lowest BCUT2D eigenvalue weighted by Crippen LogP contribution is -2.16. The highest BCUT2D eigenvalue weighted by Gasteiger charge is 2.15. The number of ether oxygens (including phenoxy) is 2. The van der Waals surface area contributed by atoms with Gasteiger partial charge in [0.2, 0.25) is 0 Å². The van der Waals surface area contributed by atoms with E-state index in [1.165, 1.54) is 0 Å². The maximum absolute atomic E-state index is 5.77. The minimum atomic E-state index is 0.241.